The van der Waals surface area contributed by atoms with Gasteiger partial charge in [0.15, 0.2) is 5.75 Å². The lowest BCUT2D eigenvalue weighted by molar-refractivity contribution is -0.385. The number of nitro benzene ring substituents is 1. The number of morpholine rings is 1. The Balaban J connectivity index is 2.38. The van der Waals surface area contributed by atoms with Gasteiger partial charge in [-0.3, -0.25) is 10.1 Å². The van der Waals surface area contributed by atoms with Crippen LogP contribution in [0.15, 0.2) is 18.2 Å². The molecule has 1 fully saturated rings. The van der Waals surface area contributed by atoms with Crippen LogP contribution < -0.4 is 9.64 Å². The molecule has 6 nitrogen and oxygen atoms in total. The Morgan fingerprint density at radius 1 is 1.58 bits per heavy atom. The van der Waals surface area contributed by atoms with E-state index < -0.39 is 0 Å². The van der Waals surface area contributed by atoms with Gasteiger partial charge in [-0.25, -0.2) is 0 Å². The number of hydrogen-bond acceptors (Lipinski definition) is 5. The SMILES string of the molecule is CCOc1cccc(N2CCOC(C)C2)c1[N+](=O)[O-]. The number of para-hydroxylation sites is 1. The standard InChI is InChI=1S/C13H18N2O4/c1-3-18-12-6-4-5-11(13(12)15(16)17)14-7-8-19-10(2)9-14/h4-6,10H,3,7-9H2,1-2H3. The molecule has 0 amide bonds. The number of ether oxygens (including phenoxy) is 2. The number of nitro groups is 1. The molecule has 1 aliphatic rings. The molecule has 19 heavy (non-hydrogen) atoms. The molecule has 104 valence electrons. The van der Waals surface area contributed by atoms with Crippen molar-refractivity contribution in [2.75, 3.05) is 31.2 Å². The molecule has 1 aromatic carbocycles. The van der Waals surface area contributed by atoms with E-state index in [-0.39, 0.29) is 16.7 Å². The monoisotopic (exact) mass is 266 g/mol. The second-order valence-electron chi connectivity index (χ2n) is 4.44. The molecule has 1 saturated heterocycles. The van der Waals surface area contributed by atoms with Crippen molar-refractivity contribution in [3.63, 3.8) is 0 Å². The van der Waals surface area contributed by atoms with Crippen LogP contribution in [-0.2, 0) is 4.74 Å². The first-order chi connectivity index (χ1) is 9.13. The predicted molar refractivity (Wildman–Crippen MR) is 71.9 cm³/mol. The highest BCUT2D eigenvalue weighted by molar-refractivity contribution is 5.70. The molecule has 1 aliphatic heterocycles. The minimum absolute atomic E-state index is 0.0402. The molecular formula is C13H18N2O4. The zero-order valence-corrected chi connectivity index (χ0v) is 11.2. The van der Waals surface area contributed by atoms with Crippen molar-refractivity contribution < 1.29 is 14.4 Å². The van der Waals surface area contributed by atoms with Crippen molar-refractivity contribution >= 4 is 11.4 Å². The van der Waals surface area contributed by atoms with Crippen molar-refractivity contribution in [1.82, 2.24) is 0 Å². The van der Waals surface area contributed by atoms with Crippen LogP contribution in [0.1, 0.15) is 13.8 Å². The fraction of sp³-hybridized carbons (Fsp3) is 0.538. The Labute approximate surface area is 112 Å². The Morgan fingerprint density at radius 2 is 2.37 bits per heavy atom. The second kappa shape index (κ2) is 5.88. The van der Waals surface area contributed by atoms with E-state index in [1.54, 1.807) is 18.2 Å². The van der Waals surface area contributed by atoms with Crippen LogP contribution in [0.3, 0.4) is 0 Å². The van der Waals surface area contributed by atoms with Gasteiger partial charge in [-0.2, -0.15) is 0 Å². The minimum atomic E-state index is -0.375. The highest BCUT2D eigenvalue weighted by Crippen LogP contribution is 2.37. The minimum Gasteiger partial charge on any atom is -0.487 e. The first-order valence-electron chi connectivity index (χ1n) is 6.40. The highest BCUT2D eigenvalue weighted by atomic mass is 16.6. The molecule has 1 aromatic rings. The lowest BCUT2D eigenvalue weighted by atomic mass is 10.2. The van der Waals surface area contributed by atoms with Crippen LogP contribution in [0.2, 0.25) is 0 Å². The summed E-state index contributed by atoms with van der Waals surface area (Å²) < 4.78 is 10.8. The predicted octanol–water partition coefficient (Wildman–Crippen LogP) is 2.22. The summed E-state index contributed by atoms with van der Waals surface area (Å²) in [6.45, 7) is 6.07. The summed E-state index contributed by atoms with van der Waals surface area (Å²) in [7, 11) is 0. The molecule has 1 unspecified atom stereocenters. The molecule has 0 saturated carbocycles. The van der Waals surface area contributed by atoms with Gasteiger partial charge < -0.3 is 14.4 Å². The summed E-state index contributed by atoms with van der Waals surface area (Å²) >= 11 is 0. The maximum Gasteiger partial charge on any atom is 0.333 e. The van der Waals surface area contributed by atoms with Gasteiger partial charge in [-0.15, -0.1) is 0 Å². The van der Waals surface area contributed by atoms with Crippen molar-refractivity contribution in [2.24, 2.45) is 0 Å². The van der Waals surface area contributed by atoms with Gasteiger partial charge in [0.2, 0.25) is 0 Å². The second-order valence-corrected chi connectivity index (χ2v) is 4.44. The van der Waals surface area contributed by atoms with Gasteiger partial charge in [-0.1, -0.05) is 6.07 Å². The van der Waals surface area contributed by atoms with Gasteiger partial charge in [0.25, 0.3) is 0 Å². The smallest absolute Gasteiger partial charge is 0.333 e. The van der Waals surface area contributed by atoms with Crippen LogP contribution in [0, 0.1) is 10.1 Å². The molecule has 6 heteroatoms. The molecule has 0 radical (unpaired) electrons. The maximum absolute atomic E-state index is 11.3. The molecule has 1 atom stereocenters. The summed E-state index contributed by atoms with van der Waals surface area (Å²) in [5.74, 6) is 0.323. The van der Waals surface area contributed by atoms with E-state index >= 15 is 0 Å². The summed E-state index contributed by atoms with van der Waals surface area (Å²) in [6.07, 6.45) is 0.0732. The average molecular weight is 266 g/mol. The van der Waals surface area contributed by atoms with Crippen LogP contribution in [-0.4, -0.2) is 37.3 Å². The number of anilines is 1. The van der Waals surface area contributed by atoms with E-state index in [0.29, 0.717) is 37.7 Å². The van der Waals surface area contributed by atoms with E-state index in [1.165, 1.54) is 0 Å². The molecule has 0 bridgehead atoms. The molecule has 2 rings (SSSR count). The Hall–Kier alpha value is -1.82. The molecule has 0 N–H and O–H groups in total. The van der Waals surface area contributed by atoms with Crippen molar-refractivity contribution in [1.29, 1.82) is 0 Å². The average Bonchev–Trinajstić information content (AvgIpc) is 2.38. The van der Waals surface area contributed by atoms with Gasteiger partial charge >= 0.3 is 5.69 Å². The van der Waals surface area contributed by atoms with E-state index in [9.17, 15) is 10.1 Å². The largest absolute Gasteiger partial charge is 0.487 e. The van der Waals surface area contributed by atoms with Crippen LogP contribution in [0.4, 0.5) is 11.4 Å². The third kappa shape index (κ3) is 2.96. The van der Waals surface area contributed by atoms with Crippen molar-refractivity contribution in [2.45, 2.75) is 20.0 Å². The quantitative estimate of drug-likeness (QED) is 0.617. The lowest BCUT2D eigenvalue weighted by Crippen LogP contribution is -2.41. The maximum atomic E-state index is 11.3. The van der Waals surface area contributed by atoms with Crippen LogP contribution in [0.25, 0.3) is 0 Å². The topological polar surface area (TPSA) is 64.8 Å². The normalized spacial score (nSPS) is 19.3. The van der Waals surface area contributed by atoms with Crippen molar-refractivity contribution in [3.8, 4) is 5.75 Å². The third-order valence-corrected chi connectivity index (χ3v) is 3.04. The number of hydrogen-bond donors (Lipinski definition) is 0. The zero-order chi connectivity index (χ0) is 13.8. The highest BCUT2D eigenvalue weighted by Gasteiger charge is 2.27. The fourth-order valence-electron chi connectivity index (χ4n) is 2.26. The van der Waals surface area contributed by atoms with Gasteiger partial charge in [-0.05, 0) is 26.0 Å². The van der Waals surface area contributed by atoms with Crippen LogP contribution in [0.5, 0.6) is 5.75 Å². The summed E-state index contributed by atoms with van der Waals surface area (Å²) in [4.78, 5) is 12.9. The molecule has 1 heterocycles. The Morgan fingerprint density at radius 3 is 3.00 bits per heavy atom. The number of nitrogens with zero attached hydrogens (tertiary/aromatic N) is 2. The Kier molecular flexibility index (Phi) is 4.21. The fourth-order valence-corrected chi connectivity index (χ4v) is 2.26. The summed E-state index contributed by atoms with van der Waals surface area (Å²) in [5, 5.41) is 11.3. The van der Waals surface area contributed by atoms with Crippen LogP contribution >= 0.6 is 0 Å². The molecule has 0 aromatic heterocycles. The summed E-state index contributed by atoms with van der Waals surface area (Å²) in [5.41, 5.74) is 0.643. The lowest BCUT2D eigenvalue weighted by Gasteiger charge is -2.32. The third-order valence-electron chi connectivity index (χ3n) is 3.04. The van der Waals surface area contributed by atoms with Gasteiger partial charge in [0, 0.05) is 13.1 Å². The number of benzene rings is 1. The summed E-state index contributed by atoms with van der Waals surface area (Å²) in [6, 6.07) is 5.18. The first-order valence-corrected chi connectivity index (χ1v) is 6.40. The zero-order valence-electron chi connectivity index (χ0n) is 11.2. The first kappa shape index (κ1) is 13.6. The number of rotatable bonds is 4. The van der Waals surface area contributed by atoms with Gasteiger partial charge in [0.05, 0.1) is 24.2 Å². The molecule has 0 aliphatic carbocycles. The Bertz CT molecular complexity index is 464. The van der Waals surface area contributed by atoms with E-state index in [0.717, 1.165) is 0 Å². The van der Waals surface area contributed by atoms with Crippen molar-refractivity contribution in [3.05, 3.63) is 28.3 Å². The molecular weight excluding hydrogens is 248 g/mol. The van der Waals surface area contributed by atoms with E-state index in [4.69, 9.17) is 9.47 Å². The van der Waals surface area contributed by atoms with Gasteiger partial charge in [0.1, 0.15) is 5.69 Å². The van der Waals surface area contributed by atoms with E-state index in [2.05, 4.69) is 0 Å². The molecule has 0 spiro atoms. The van der Waals surface area contributed by atoms with E-state index in [1.807, 2.05) is 18.7 Å².